The summed E-state index contributed by atoms with van der Waals surface area (Å²) in [7, 11) is 0. The molecule has 3 rings (SSSR count). The van der Waals surface area contributed by atoms with Crippen molar-refractivity contribution in [3.63, 3.8) is 0 Å². The maximum absolute atomic E-state index is 12.6. The van der Waals surface area contributed by atoms with E-state index in [1.54, 1.807) is 0 Å². The lowest BCUT2D eigenvalue weighted by molar-refractivity contribution is -0.149. The van der Waals surface area contributed by atoms with Gasteiger partial charge in [0.1, 0.15) is 0 Å². The molecule has 4 heteroatoms. The van der Waals surface area contributed by atoms with Crippen LogP contribution in [0.15, 0.2) is 0 Å². The molecule has 5 unspecified atom stereocenters. The summed E-state index contributed by atoms with van der Waals surface area (Å²) >= 11 is 0. The van der Waals surface area contributed by atoms with E-state index in [0.717, 1.165) is 25.8 Å². The van der Waals surface area contributed by atoms with Crippen molar-refractivity contribution in [3.05, 3.63) is 0 Å². The monoisotopic (exact) mass is 251 g/mol. The highest BCUT2D eigenvalue weighted by Crippen LogP contribution is 2.42. The Balaban J connectivity index is 1.73. The molecule has 0 aromatic heterocycles. The zero-order valence-corrected chi connectivity index (χ0v) is 10.8. The predicted molar refractivity (Wildman–Crippen MR) is 65.9 cm³/mol. The van der Waals surface area contributed by atoms with Crippen LogP contribution in [0.3, 0.4) is 0 Å². The van der Waals surface area contributed by atoms with Crippen LogP contribution >= 0.6 is 0 Å². The van der Waals surface area contributed by atoms with Crippen LogP contribution in [0.2, 0.25) is 0 Å². The molecule has 1 heterocycles. The first-order chi connectivity index (χ1) is 8.56. The van der Waals surface area contributed by atoms with Gasteiger partial charge < -0.3 is 10.0 Å². The minimum atomic E-state index is -0.790. The number of hydrogen-bond donors (Lipinski definition) is 1. The summed E-state index contributed by atoms with van der Waals surface area (Å²) in [4.78, 5) is 25.8. The summed E-state index contributed by atoms with van der Waals surface area (Å²) in [6.45, 7) is 2.93. The third-order valence-corrected chi connectivity index (χ3v) is 5.12. The van der Waals surface area contributed by atoms with Gasteiger partial charge in [-0.2, -0.15) is 0 Å². The van der Waals surface area contributed by atoms with Crippen LogP contribution in [0.4, 0.5) is 0 Å². The Morgan fingerprint density at radius 3 is 2.39 bits per heavy atom. The van der Waals surface area contributed by atoms with E-state index in [4.69, 9.17) is 0 Å². The highest BCUT2D eigenvalue weighted by Gasteiger charge is 2.47. The van der Waals surface area contributed by atoms with Crippen molar-refractivity contribution in [2.75, 3.05) is 6.54 Å². The number of fused-ring (bicyclic) bond motifs is 2. The Morgan fingerprint density at radius 1 is 1.11 bits per heavy atom. The van der Waals surface area contributed by atoms with E-state index in [2.05, 4.69) is 6.92 Å². The first-order valence-electron chi connectivity index (χ1n) is 7.09. The van der Waals surface area contributed by atoms with Crippen LogP contribution in [0.25, 0.3) is 0 Å². The zero-order valence-electron chi connectivity index (χ0n) is 10.8. The second-order valence-electron chi connectivity index (χ2n) is 6.45. The van der Waals surface area contributed by atoms with Crippen LogP contribution in [-0.4, -0.2) is 34.5 Å². The summed E-state index contributed by atoms with van der Waals surface area (Å²) in [5.74, 6) is -0.342. The molecule has 1 aliphatic heterocycles. The van der Waals surface area contributed by atoms with Gasteiger partial charge in [0.15, 0.2) is 0 Å². The molecule has 5 atom stereocenters. The molecular formula is C14H21NO3. The number of amides is 1. The smallest absolute Gasteiger partial charge is 0.307 e. The average molecular weight is 251 g/mol. The van der Waals surface area contributed by atoms with E-state index in [1.807, 2.05) is 4.90 Å². The summed E-state index contributed by atoms with van der Waals surface area (Å²) in [5.41, 5.74) is 0. The highest BCUT2D eigenvalue weighted by molar-refractivity contribution is 5.86. The Hall–Kier alpha value is -1.06. The van der Waals surface area contributed by atoms with Crippen molar-refractivity contribution in [3.8, 4) is 0 Å². The summed E-state index contributed by atoms with van der Waals surface area (Å²) in [6, 6.07) is 0.410. The van der Waals surface area contributed by atoms with Crippen LogP contribution < -0.4 is 0 Å². The number of carbonyl (C=O) groups is 2. The summed E-state index contributed by atoms with van der Waals surface area (Å²) in [6.07, 6.45) is 4.93. The van der Waals surface area contributed by atoms with Crippen LogP contribution in [-0.2, 0) is 9.59 Å². The molecule has 100 valence electrons. The number of carbonyl (C=O) groups excluding carboxylic acids is 1. The first-order valence-corrected chi connectivity index (χ1v) is 7.09. The third-order valence-electron chi connectivity index (χ3n) is 5.12. The second-order valence-corrected chi connectivity index (χ2v) is 6.45. The highest BCUT2D eigenvalue weighted by atomic mass is 16.4. The quantitative estimate of drug-likeness (QED) is 0.813. The van der Waals surface area contributed by atoms with Crippen molar-refractivity contribution in [1.82, 2.24) is 4.90 Å². The van der Waals surface area contributed by atoms with Gasteiger partial charge in [-0.25, -0.2) is 0 Å². The predicted octanol–water partition coefficient (Wildman–Crippen LogP) is 1.74. The van der Waals surface area contributed by atoms with Crippen LogP contribution in [0.5, 0.6) is 0 Å². The topological polar surface area (TPSA) is 57.6 Å². The van der Waals surface area contributed by atoms with E-state index in [0.29, 0.717) is 24.3 Å². The lowest BCUT2D eigenvalue weighted by Crippen LogP contribution is -2.43. The molecule has 1 amide bonds. The summed E-state index contributed by atoms with van der Waals surface area (Å²) in [5, 5.41) is 9.25. The molecule has 0 aromatic rings. The Morgan fingerprint density at radius 2 is 1.83 bits per heavy atom. The lowest BCUT2D eigenvalue weighted by atomic mass is 9.94. The van der Waals surface area contributed by atoms with Crippen LogP contribution in [0.1, 0.15) is 39.0 Å². The fraction of sp³-hybridized carbons (Fsp3) is 0.857. The minimum Gasteiger partial charge on any atom is -0.481 e. The standard InChI is InChI=1S/C14H21NO3/c1-8-4-11(12(5-8)14(17)18)13(16)15-7-9-2-3-10(15)6-9/h8-12H,2-7H2,1H3,(H,17,18). The number of nitrogens with zero attached hydrogens (tertiary/aromatic N) is 1. The molecule has 18 heavy (non-hydrogen) atoms. The maximum atomic E-state index is 12.6. The fourth-order valence-corrected chi connectivity index (χ4v) is 4.25. The van der Waals surface area contributed by atoms with Gasteiger partial charge in [0.25, 0.3) is 0 Å². The van der Waals surface area contributed by atoms with E-state index in [-0.39, 0.29) is 11.8 Å². The molecule has 4 nitrogen and oxygen atoms in total. The molecular weight excluding hydrogens is 230 g/mol. The number of hydrogen-bond acceptors (Lipinski definition) is 2. The molecule has 3 fully saturated rings. The van der Waals surface area contributed by atoms with Gasteiger partial charge in [0, 0.05) is 12.6 Å². The van der Waals surface area contributed by atoms with Gasteiger partial charge in [-0.3, -0.25) is 9.59 Å². The molecule has 0 radical (unpaired) electrons. The van der Waals surface area contributed by atoms with Crippen molar-refractivity contribution in [2.24, 2.45) is 23.7 Å². The summed E-state index contributed by atoms with van der Waals surface area (Å²) < 4.78 is 0. The van der Waals surface area contributed by atoms with Crippen molar-refractivity contribution in [2.45, 2.75) is 45.1 Å². The molecule has 1 N–H and O–H groups in total. The number of carboxylic acid groups (broad SMARTS) is 1. The maximum Gasteiger partial charge on any atom is 0.307 e. The molecule has 3 aliphatic rings. The zero-order chi connectivity index (χ0) is 12.9. The minimum absolute atomic E-state index is 0.124. The van der Waals surface area contributed by atoms with E-state index in [9.17, 15) is 14.7 Å². The van der Waals surface area contributed by atoms with Gasteiger partial charge in [-0.05, 0) is 43.9 Å². The van der Waals surface area contributed by atoms with Crippen molar-refractivity contribution in [1.29, 1.82) is 0 Å². The Bertz CT molecular complexity index is 381. The molecule has 2 aliphatic carbocycles. The fourth-order valence-electron chi connectivity index (χ4n) is 4.25. The number of piperidine rings is 1. The van der Waals surface area contributed by atoms with Gasteiger partial charge in [-0.1, -0.05) is 6.92 Å². The Kier molecular flexibility index (Phi) is 2.83. The SMILES string of the molecule is CC1CC(C(=O)O)C(C(=O)N2CC3CCC2C3)C1. The van der Waals surface area contributed by atoms with Crippen molar-refractivity contribution >= 4 is 11.9 Å². The number of aliphatic carboxylic acids is 1. The number of carboxylic acids is 1. The van der Waals surface area contributed by atoms with Gasteiger partial charge in [0.2, 0.25) is 5.91 Å². The van der Waals surface area contributed by atoms with Gasteiger partial charge >= 0.3 is 5.97 Å². The largest absolute Gasteiger partial charge is 0.481 e. The molecule has 2 saturated carbocycles. The van der Waals surface area contributed by atoms with Gasteiger partial charge in [-0.15, -0.1) is 0 Å². The molecule has 0 aromatic carbocycles. The molecule has 2 bridgehead atoms. The molecule has 1 saturated heterocycles. The van der Waals surface area contributed by atoms with E-state index < -0.39 is 11.9 Å². The average Bonchev–Trinajstić information content (AvgIpc) is 3.01. The number of likely N-dealkylation sites (tertiary alicyclic amines) is 1. The lowest BCUT2D eigenvalue weighted by Gasteiger charge is -2.30. The Labute approximate surface area is 107 Å². The third kappa shape index (κ3) is 1.82. The van der Waals surface area contributed by atoms with E-state index >= 15 is 0 Å². The number of rotatable bonds is 2. The van der Waals surface area contributed by atoms with Gasteiger partial charge in [0.05, 0.1) is 11.8 Å². The van der Waals surface area contributed by atoms with Crippen molar-refractivity contribution < 1.29 is 14.7 Å². The second kappa shape index (κ2) is 4.25. The van der Waals surface area contributed by atoms with Crippen LogP contribution in [0, 0.1) is 23.7 Å². The van der Waals surface area contributed by atoms with E-state index in [1.165, 1.54) is 6.42 Å². The first kappa shape index (κ1) is 12.0. The molecule has 0 spiro atoms. The normalized spacial score (nSPS) is 42.5.